The highest BCUT2D eigenvalue weighted by Crippen LogP contribution is 2.13. The predicted molar refractivity (Wildman–Crippen MR) is 90.5 cm³/mol. The van der Waals surface area contributed by atoms with Gasteiger partial charge in [0.1, 0.15) is 0 Å². The molecule has 0 saturated heterocycles. The largest absolute Gasteiger partial charge is 0.481 e. The number of hydrogen-bond acceptors (Lipinski definition) is 4. The van der Waals surface area contributed by atoms with E-state index in [1.165, 1.54) is 44.9 Å². The van der Waals surface area contributed by atoms with E-state index >= 15 is 0 Å². The first-order valence-electron chi connectivity index (χ1n) is 7.68. The van der Waals surface area contributed by atoms with E-state index in [4.69, 9.17) is 22.1 Å². The highest BCUT2D eigenvalue weighted by molar-refractivity contribution is 8.22. The third kappa shape index (κ3) is 15.8. The molecule has 1 N–H and O–H groups in total. The van der Waals surface area contributed by atoms with Gasteiger partial charge >= 0.3 is 5.97 Å². The van der Waals surface area contributed by atoms with Crippen molar-refractivity contribution in [3.8, 4) is 0 Å². The fourth-order valence-corrected chi connectivity index (χ4v) is 3.01. The smallest absolute Gasteiger partial charge is 0.303 e. The number of unbranched alkanes of at least 4 members (excludes halogenated alkanes) is 8. The van der Waals surface area contributed by atoms with E-state index in [0.717, 1.165) is 18.6 Å². The van der Waals surface area contributed by atoms with Gasteiger partial charge in [-0.1, -0.05) is 56.7 Å². The summed E-state index contributed by atoms with van der Waals surface area (Å²) >= 11 is 6.69. The molecule has 0 atom stereocenters. The summed E-state index contributed by atoms with van der Waals surface area (Å²) < 4.78 is 5.88. The van der Waals surface area contributed by atoms with Gasteiger partial charge in [-0.25, -0.2) is 0 Å². The Balaban J connectivity index is 3.06. The normalized spacial score (nSPS) is 10.4. The zero-order valence-corrected chi connectivity index (χ0v) is 14.2. The molecule has 0 bridgehead atoms. The second-order valence-corrected chi connectivity index (χ2v) is 6.55. The highest BCUT2D eigenvalue weighted by Gasteiger charge is 1.98. The first-order valence-corrected chi connectivity index (χ1v) is 9.07. The van der Waals surface area contributed by atoms with Gasteiger partial charge in [0.25, 0.3) is 0 Å². The Morgan fingerprint density at radius 2 is 1.50 bits per heavy atom. The Kier molecular flexibility index (Phi) is 14.9. The minimum Gasteiger partial charge on any atom is -0.481 e. The first kappa shape index (κ1) is 19.7. The molecule has 0 aliphatic carbocycles. The van der Waals surface area contributed by atoms with Crippen LogP contribution in [0.4, 0.5) is 0 Å². The van der Waals surface area contributed by atoms with Crippen LogP contribution in [0.25, 0.3) is 0 Å². The molecule has 0 aromatic heterocycles. The van der Waals surface area contributed by atoms with Crippen LogP contribution >= 0.6 is 24.0 Å². The molecule has 0 unspecified atom stereocenters. The van der Waals surface area contributed by atoms with Crippen molar-refractivity contribution in [2.45, 2.75) is 71.1 Å². The molecule has 0 aliphatic rings. The first-order chi connectivity index (χ1) is 9.66. The molecule has 0 spiro atoms. The average Bonchev–Trinajstić information content (AvgIpc) is 2.40. The van der Waals surface area contributed by atoms with E-state index in [9.17, 15) is 4.79 Å². The fourth-order valence-electron chi connectivity index (χ4n) is 1.93. The second-order valence-electron chi connectivity index (χ2n) is 4.86. The molecular weight excluding hydrogens is 292 g/mol. The number of rotatable bonds is 13. The van der Waals surface area contributed by atoms with Crippen molar-refractivity contribution < 1.29 is 14.6 Å². The van der Waals surface area contributed by atoms with Crippen LogP contribution in [0.2, 0.25) is 0 Å². The summed E-state index contributed by atoms with van der Waals surface area (Å²) in [5.74, 6) is 0.389. The molecule has 0 amide bonds. The summed E-state index contributed by atoms with van der Waals surface area (Å²) in [5, 5.41) is 8.50. The maximum absolute atomic E-state index is 10.3. The van der Waals surface area contributed by atoms with Gasteiger partial charge in [-0.2, -0.15) is 0 Å². The lowest BCUT2D eigenvalue weighted by Crippen LogP contribution is -1.97. The van der Waals surface area contributed by atoms with Crippen molar-refractivity contribution in [2.75, 3.05) is 12.4 Å². The maximum atomic E-state index is 10.3. The lowest BCUT2D eigenvalue weighted by Gasteiger charge is -2.04. The minimum atomic E-state index is -0.674. The quantitative estimate of drug-likeness (QED) is 0.381. The molecule has 0 rings (SSSR count). The van der Waals surface area contributed by atoms with E-state index in [-0.39, 0.29) is 0 Å². The zero-order valence-electron chi connectivity index (χ0n) is 12.6. The van der Waals surface area contributed by atoms with E-state index in [1.54, 1.807) is 11.8 Å². The van der Waals surface area contributed by atoms with Crippen molar-refractivity contribution in [1.82, 2.24) is 0 Å². The summed E-state index contributed by atoms with van der Waals surface area (Å²) in [4.78, 5) is 10.3. The second kappa shape index (κ2) is 15.1. The van der Waals surface area contributed by atoms with Gasteiger partial charge in [0.2, 0.25) is 4.38 Å². The Labute approximate surface area is 132 Å². The number of carboxylic acid groups (broad SMARTS) is 1. The molecule has 0 heterocycles. The van der Waals surface area contributed by atoms with Crippen LogP contribution in [0.5, 0.6) is 0 Å². The number of hydrogen-bond donors (Lipinski definition) is 1. The number of ether oxygens (including phenoxy) is 1. The molecule has 20 heavy (non-hydrogen) atoms. The van der Waals surface area contributed by atoms with Crippen LogP contribution in [0.1, 0.15) is 71.1 Å². The zero-order chi connectivity index (χ0) is 15.1. The van der Waals surface area contributed by atoms with Crippen LogP contribution in [-0.2, 0) is 9.53 Å². The SMILES string of the molecule is CCOC(=S)SCCCCCCCCCCCC(=O)O. The molecular formula is C15H28O3S2. The van der Waals surface area contributed by atoms with Crippen molar-refractivity contribution in [3.63, 3.8) is 0 Å². The molecule has 0 saturated carbocycles. The van der Waals surface area contributed by atoms with Crippen LogP contribution in [0.15, 0.2) is 0 Å². The lowest BCUT2D eigenvalue weighted by atomic mass is 10.1. The van der Waals surface area contributed by atoms with Gasteiger partial charge in [-0.05, 0) is 32.0 Å². The topological polar surface area (TPSA) is 46.5 Å². The summed E-state index contributed by atoms with van der Waals surface area (Å²) in [6, 6.07) is 0. The van der Waals surface area contributed by atoms with Gasteiger partial charge < -0.3 is 9.84 Å². The fraction of sp³-hybridized carbons (Fsp3) is 0.867. The Bertz CT molecular complexity index is 258. The monoisotopic (exact) mass is 320 g/mol. The molecule has 0 radical (unpaired) electrons. The lowest BCUT2D eigenvalue weighted by molar-refractivity contribution is -0.137. The molecule has 0 aromatic carbocycles. The summed E-state index contributed by atoms with van der Waals surface area (Å²) in [6.45, 7) is 2.62. The Morgan fingerprint density at radius 1 is 1.00 bits per heavy atom. The Hall–Kier alpha value is -0.290. The van der Waals surface area contributed by atoms with E-state index in [2.05, 4.69) is 0 Å². The third-order valence-corrected chi connectivity index (χ3v) is 4.33. The molecule has 0 fully saturated rings. The molecule has 5 heteroatoms. The summed E-state index contributed by atoms with van der Waals surface area (Å²) in [7, 11) is 0. The molecule has 3 nitrogen and oxygen atoms in total. The summed E-state index contributed by atoms with van der Waals surface area (Å²) in [6.07, 6.45) is 10.9. The standard InChI is InChI=1S/C15H28O3S2/c1-2-18-15(19)20-13-11-9-7-5-3-4-6-8-10-12-14(16)17/h2-13H2,1H3,(H,16,17). The number of carbonyl (C=O) groups is 1. The van der Waals surface area contributed by atoms with Crippen molar-refractivity contribution in [1.29, 1.82) is 0 Å². The summed E-state index contributed by atoms with van der Waals surface area (Å²) in [5.41, 5.74) is 0. The number of thioether (sulfide) groups is 1. The number of carboxylic acids is 1. The highest BCUT2D eigenvalue weighted by atomic mass is 32.2. The van der Waals surface area contributed by atoms with Crippen molar-refractivity contribution in [2.24, 2.45) is 0 Å². The van der Waals surface area contributed by atoms with E-state index in [1.807, 2.05) is 6.92 Å². The van der Waals surface area contributed by atoms with Gasteiger partial charge in [-0.15, -0.1) is 0 Å². The molecule has 0 aliphatic heterocycles. The molecule has 118 valence electrons. The Morgan fingerprint density at radius 3 is 2.00 bits per heavy atom. The maximum Gasteiger partial charge on any atom is 0.303 e. The molecule has 0 aromatic rings. The van der Waals surface area contributed by atoms with Gasteiger partial charge in [0.15, 0.2) is 0 Å². The van der Waals surface area contributed by atoms with Crippen LogP contribution < -0.4 is 0 Å². The average molecular weight is 321 g/mol. The predicted octanol–water partition coefficient (Wildman–Crippen LogP) is 5.03. The van der Waals surface area contributed by atoms with Gasteiger partial charge in [0, 0.05) is 12.2 Å². The van der Waals surface area contributed by atoms with E-state index < -0.39 is 5.97 Å². The van der Waals surface area contributed by atoms with E-state index in [0.29, 0.717) is 17.4 Å². The number of thiocarbonyl (C=S) groups is 1. The van der Waals surface area contributed by atoms with Crippen molar-refractivity contribution in [3.05, 3.63) is 0 Å². The third-order valence-electron chi connectivity index (χ3n) is 3.02. The van der Waals surface area contributed by atoms with Crippen LogP contribution in [-0.4, -0.2) is 27.8 Å². The van der Waals surface area contributed by atoms with Gasteiger partial charge in [-0.3, -0.25) is 4.79 Å². The van der Waals surface area contributed by atoms with Crippen LogP contribution in [0.3, 0.4) is 0 Å². The minimum absolute atomic E-state index is 0.321. The van der Waals surface area contributed by atoms with Crippen molar-refractivity contribution >= 4 is 34.3 Å². The van der Waals surface area contributed by atoms with Gasteiger partial charge in [0.05, 0.1) is 6.61 Å². The van der Waals surface area contributed by atoms with Crippen LogP contribution in [0, 0.1) is 0 Å². The number of aliphatic carboxylic acids is 1.